The smallest absolute Gasteiger partial charge is 0.266 e. The number of amides is 1. The Labute approximate surface area is 138 Å². The van der Waals surface area contributed by atoms with Crippen molar-refractivity contribution in [1.29, 1.82) is 0 Å². The Morgan fingerprint density at radius 2 is 2.00 bits per heavy atom. The Hall–Kier alpha value is -3.41. The average Bonchev–Trinajstić information content (AvgIpc) is 3.10. The molecular weight excluding hydrogens is 306 g/mol. The highest BCUT2D eigenvalue weighted by Crippen LogP contribution is 2.25. The van der Waals surface area contributed by atoms with E-state index in [9.17, 15) is 9.59 Å². The van der Waals surface area contributed by atoms with Crippen LogP contribution < -0.4 is 10.9 Å². The van der Waals surface area contributed by atoms with E-state index >= 15 is 0 Å². The summed E-state index contributed by atoms with van der Waals surface area (Å²) in [6.07, 6.45) is 4.52. The Morgan fingerprint density at radius 3 is 2.75 bits per heavy atom. The van der Waals surface area contributed by atoms with Gasteiger partial charge < -0.3 is 9.73 Å². The molecule has 3 aromatic rings. The molecule has 2 heterocycles. The summed E-state index contributed by atoms with van der Waals surface area (Å²) >= 11 is 0. The van der Waals surface area contributed by atoms with Crippen molar-refractivity contribution in [1.82, 2.24) is 9.78 Å². The summed E-state index contributed by atoms with van der Waals surface area (Å²) in [5.41, 5.74) is 1.75. The maximum atomic E-state index is 12.1. The second-order valence-corrected chi connectivity index (χ2v) is 5.06. The van der Waals surface area contributed by atoms with Gasteiger partial charge in [-0.1, -0.05) is 18.2 Å². The Bertz CT molecular complexity index is 940. The highest BCUT2D eigenvalue weighted by atomic mass is 16.3. The van der Waals surface area contributed by atoms with E-state index in [4.69, 9.17) is 4.42 Å². The molecule has 6 nitrogen and oxygen atoms in total. The summed E-state index contributed by atoms with van der Waals surface area (Å²) in [6, 6.07) is 13.8. The van der Waals surface area contributed by atoms with Gasteiger partial charge in [0.25, 0.3) is 5.56 Å². The fourth-order valence-electron chi connectivity index (χ4n) is 2.18. The SMILES string of the molecule is Cn1nc(-c2ccccc2NC(=O)/C=C/c2ccco2)ccc1=O. The van der Waals surface area contributed by atoms with Crippen molar-refractivity contribution >= 4 is 17.7 Å². The van der Waals surface area contributed by atoms with E-state index in [0.717, 1.165) is 5.56 Å². The van der Waals surface area contributed by atoms with Crippen molar-refractivity contribution in [3.05, 3.63) is 77.0 Å². The van der Waals surface area contributed by atoms with Gasteiger partial charge >= 0.3 is 0 Å². The molecule has 0 fully saturated rings. The van der Waals surface area contributed by atoms with Gasteiger partial charge in [0.15, 0.2) is 0 Å². The number of rotatable bonds is 4. The van der Waals surface area contributed by atoms with Crippen molar-refractivity contribution < 1.29 is 9.21 Å². The van der Waals surface area contributed by atoms with E-state index < -0.39 is 0 Å². The number of anilines is 1. The summed E-state index contributed by atoms with van der Waals surface area (Å²) in [5, 5.41) is 7.03. The molecule has 0 aliphatic rings. The molecule has 0 aliphatic carbocycles. The summed E-state index contributed by atoms with van der Waals surface area (Å²) in [5.74, 6) is 0.307. The molecule has 0 saturated carbocycles. The lowest BCUT2D eigenvalue weighted by molar-refractivity contribution is -0.111. The number of carbonyl (C=O) groups excluding carboxylic acids is 1. The van der Waals surface area contributed by atoms with Gasteiger partial charge in [-0.05, 0) is 30.3 Å². The van der Waals surface area contributed by atoms with E-state index in [-0.39, 0.29) is 11.5 Å². The van der Waals surface area contributed by atoms with Gasteiger partial charge in [0.2, 0.25) is 5.91 Å². The molecular formula is C18H15N3O3. The Kier molecular flexibility index (Phi) is 4.38. The molecule has 3 rings (SSSR count). The first kappa shape index (κ1) is 15.5. The molecule has 1 amide bonds. The zero-order chi connectivity index (χ0) is 16.9. The number of aromatic nitrogens is 2. The second-order valence-electron chi connectivity index (χ2n) is 5.06. The van der Waals surface area contributed by atoms with Crippen LogP contribution in [0.5, 0.6) is 0 Å². The van der Waals surface area contributed by atoms with E-state index in [2.05, 4.69) is 10.4 Å². The fraction of sp³-hybridized carbons (Fsp3) is 0.0556. The Morgan fingerprint density at radius 1 is 1.17 bits per heavy atom. The molecule has 0 aliphatic heterocycles. The molecule has 1 aromatic carbocycles. The number of para-hydroxylation sites is 1. The van der Waals surface area contributed by atoms with Gasteiger partial charge in [0.1, 0.15) is 5.76 Å². The van der Waals surface area contributed by atoms with Crippen LogP contribution in [0.4, 0.5) is 5.69 Å². The minimum absolute atomic E-state index is 0.193. The van der Waals surface area contributed by atoms with E-state index in [1.807, 2.05) is 18.2 Å². The minimum Gasteiger partial charge on any atom is -0.465 e. The summed E-state index contributed by atoms with van der Waals surface area (Å²) in [4.78, 5) is 23.6. The molecule has 1 N–H and O–H groups in total. The standard InChI is InChI=1S/C18H15N3O3/c1-21-18(23)11-9-16(20-21)14-6-2-3-7-15(14)19-17(22)10-8-13-5-4-12-24-13/h2-12H,1H3,(H,19,22)/b10-8+. The van der Waals surface area contributed by atoms with Crippen LogP contribution in [0.25, 0.3) is 17.3 Å². The van der Waals surface area contributed by atoms with Crippen molar-refractivity contribution in [3.8, 4) is 11.3 Å². The predicted octanol–water partition coefficient (Wildman–Crippen LogP) is 2.69. The molecule has 0 bridgehead atoms. The number of nitrogens with zero attached hydrogens (tertiary/aromatic N) is 2. The maximum absolute atomic E-state index is 12.1. The normalized spacial score (nSPS) is 10.9. The molecule has 6 heteroatoms. The lowest BCUT2D eigenvalue weighted by atomic mass is 10.1. The van der Waals surface area contributed by atoms with E-state index in [1.165, 1.54) is 23.1 Å². The molecule has 0 unspecified atom stereocenters. The van der Waals surface area contributed by atoms with Crippen LogP contribution in [0.1, 0.15) is 5.76 Å². The van der Waals surface area contributed by atoms with Crippen molar-refractivity contribution in [2.24, 2.45) is 7.05 Å². The zero-order valence-corrected chi connectivity index (χ0v) is 13.0. The van der Waals surface area contributed by atoms with Crippen LogP contribution in [0, 0.1) is 0 Å². The van der Waals surface area contributed by atoms with Crippen molar-refractivity contribution in [3.63, 3.8) is 0 Å². The second kappa shape index (κ2) is 6.78. The third-order valence-electron chi connectivity index (χ3n) is 3.36. The van der Waals surface area contributed by atoms with Gasteiger partial charge in [-0.15, -0.1) is 0 Å². The van der Waals surface area contributed by atoms with E-state index in [0.29, 0.717) is 17.1 Å². The van der Waals surface area contributed by atoms with Crippen LogP contribution in [0.15, 0.2) is 70.1 Å². The number of carbonyl (C=O) groups is 1. The number of furan rings is 1. The van der Waals surface area contributed by atoms with Crippen LogP contribution in [0.3, 0.4) is 0 Å². The first-order valence-corrected chi connectivity index (χ1v) is 7.30. The van der Waals surface area contributed by atoms with Crippen LogP contribution in [-0.2, 0) is 11.8 Å². The highest BCUT2D eigenvalue weighted by molar-refractivity contribution is 6.03. The summed E-state index contributed by atoms with van der Waals surface area (Å²) < 4.78 is 6.40. The number of nitrogens with one attached hydrogen (secondary N) is 1. The molecule has 0 spiro atoms. The van der Waals surface area contributed by atoms with Crippen LogP contribution >= 0.6 is 0 Å². The largest absolute Gasteiger partial charge is 0.465 e. The fourth-order valence-corrected chi connectivity index (χ4v) is 2.18. The minimum atomic E-state index is -0.288. The van der Waals surface area contributed by atoms with Crippen LogP contribution in [-0.4, -0.2) is 15.7 Å². The quantitative estimate of drug-likeness (QED) is 0.750. The predicted molar refractivity (Wildman–Crippen MR) is 91.3 cm³/mol. The Balaban J connectivity index is 1.85. The summed E-state index contributed by atoms with van der Waals surface area (Å²) in [7, 11) is 1.58. The number of aryl methyl sites for hydroxylation is 1. The monoisotopic (exact) mass is 321 g/mol. The third kappa shape index (κ3) is 3.49. The van der Waals surface area contributed by atoms with E-state index in [1.54, 1.807) is 37.4 Å². The van der Waals surface area contributed by atoms with Crippen LogP contribution in [0.2, 0.25) is 0 Å². The first-order valence-electron chi connectivity index (χ1n) is 7.30. The first-order chi connectivity index (χ1) is 11.6. The zero-order valence-electron chi connectivity index (χ0n) is 13.0. The summed E-state index contributed by atoms with van der Waals surface area (Å²) in [6.45, 7) is 0. The molecule has 2 aromatic heterocycles. The number of benzene rings is 1. The number of hydrogen-bond acceptors (Lipinski definition) is 4. The van der Waals surface area contributed by atoms with Gasteiger partial charge in [-0.25, -0.2) is 4.68 Å². The molecule has 24 heavy (non-hydrogen) atoms. The van der Waals surface area contributed by atoms with Crippen molar-refractivity contribution in [2.75, 3.05) is 5.32 Å². The van der Waals surface area contributed by atoms with Gasteiger partial charge in [-0.3, -0.25) is 9.59 Å². The van der Waals surface area contributed by atoms with Gasteiger partial charge in [-0.2, -0.15) is 5.10 Å². The average molecular weight is 321 g/mol. The molecule has 120 valence electrons. The molecule has 0 saturated heterocycles. The lowest BCUT2D eigenvalue weighted by Gasteiger charge is -2.09. The van der Waals surface area contributed by atoms with Crippen molar-refractivity contribution in [2.45, 2.75) is 0 Å². The highest BCUT2D eigenvalue weighted by Gasteiger charge is 2.09. The maximum Gasteiger partial charge on any atom is 0.266 e. The molecule has 0 radical (unpaired) electrons. The number of hydrogen-bond donors (Lipinski definition) is 1. The topological polar surface area (TPSA) is 77.1 Å². The van der Waals surface area contributed by atoms with Gasteiger partial charge in [0, 0.05) is 24.8 Å². The molecule has 0 atom stereocenters. The lowest BCUT2D eigenvalue weighted by Crippen LogP contribution is -2.18. The van der Waals surface area contributed by atoms with Gasteiger partial charge in [0.05, 0.1) is 17.6 Å². The third-order valence-corrected chi connectivity index (χ3v) is 3.36.